The minimum Gasteiger partial charge on any atom is -0.454 e. The zero-order chi connectivity index (χ0) is 21.8. The number of carbonyl (C=O) groups excluding carboxylic acids is 2. The third-order valence-corrected chi connectivity index (χ3v) is 4.42. The van der Waals surface area contributed by atoms with Crippen molar-refractivity contribution in [3.63, 3.8) is 0 Å². The summed E-state index contributed by atoms with van der Waals surface area (Å²) in [5.74, 6) is -1.02. The van der Waals surface area contributed by atoms with Gasteiger partial charge in [-0.25, -0.2) is 10.1 Å². The van der Waals surface area contributed by atoms with Crippen LogP contribution in [0.5, 0.6) is 0 Å². The summed E-state index contributed by atoms with van der Waals surface area (Å²) < 4.78 is 7.67. The molecule has 2 N–H and O–H groups in total. The highest BCUT2D eigenvalue weighted by Crippen LogP contribution is 2.29. The van der Waals surface area contributed by atoms with Gasteiger partial charge >= 0.3 is 11.8 Å². The van der Waals surface area contributed by atoms with Gasteiger partial charge in [0.05, 0.1) is 11.9 Å². The molecule has 0 unspecified atom stereocenters. The summed E-state index contributed by atoms with van der Waals surface area (Å²) in [6.45, 7) is 3.54. The summed E-state index contributed by atoms with van der Waals surface area (Å²) in [7, 11) is 0. The van der Waals surface area contributed by atoms with Crippen molar-refractivity contribution in [1.82, 2.24) is 20.5 Å². The molecule has 2 amide bonds. The second-order valence-corrected chi connectivity index (χ2v) is 7.19. The Balaban J connectivity index is 1.66. The standard InChI is InChI=1S/C23H21N5O3/c1-15(2)25-22(29)23(30)26-24-13-17-14-28(18-9-4-3-5-10-18)27-21(17)20-12-16-8-6-7-11-19(16)31-20/h3-15H,1-2H3,(H,25,29)(H,26,30)/b24-13-. The molecule has 4 rings (SSSR count). The van der Waals surface area contributed by atoms with Crippen LogP contribution >= 0.6 is 0 Å². The molecule has 2 aromatic carbocycles. The number of furan rings is 1. The quantitative estimate of drug-likeness (QED) is 0.297. The molecule has 2 aromatic heterocycles. The van der Waals surface area contributed by atoms with E-state index in [1.807, 2.05) is 60.7 Å². The minimum atomic E-state index is -0.842. The van der Waals surface area contributed by atoms with Crippen molar-refractivity contribution in [3.8, 4) is 17.1 Å². The zero-order valence-electron chi connectivity index (χ0n) is 17.1. The molecule has 31 heavy (non-hydrogen) atoms. The number of para-hydroxylation sites is 2. The van der Waals surface area contributed by atoms with Gasteiger partial charge in [-0.05, 0) is 38.1 Å². The van der Waals surface area contributed by atoms with Crippen LogP contribution in [0.15, 0.2) is 76.4 Å². The highest BCUT2D eigenvalue weighted by atomic mass is 16.3. The molecule has 2 heterocycles. The van der Waals surface area contributed by atoms with Crippen molar-refractivity contribution in [2.75, 3.05) is 0 Å². The SMILES string of the molecule is CC(C)NC(=O)C(=O)N/N=C\c1cn(-c2ccccc2)nc1-c1cc2ccccc2o1. The van der Waals surface area contributed by atoms with Crippen molar-refractivity contribution < 1.29 is 14.0 Å². The van der Waals surface area contributed by atoms with E-state index in [2.05, 4.69) is 20.9 Å². The summed E-state index contributed by atoms with van der Waals surface area (Å²) in [5.41, 5.74) is 5.02. The lowest BCUT2D eigenvalue weighted by atomic mass is 10.2. The second kappa shape index (κ2) is 8.66. The summed E-state index contributed by atoms with van der Waals surface area (Å²) >= 11 is 0. The summed E-state index contributed by atoms with van der Waals surface area (Å²) in [5, 5.41) is 12.1. The number of benzene rings is 2. The third kappa shape index (κ3) is 4.53. The highest BCUT2D eigenvalue weighted by Gasteiger charge is 2.16. The molecule has 0 atom stereocenters. The number of hydrogen-bond donors (Lipinski definition) is 2. The predicted molar refractivity (Wildman–Crippen MR) is 118 cm³/mol. The molecule has 0 radical (unpaired) electrons. The van der Waals surface area contributed by atoms with E-state index in [9.17, 15) is 9.59 Å². The van der Waals surface area contributed by atoms with Crippen LogP contribution in [-0.2, 0) is 9.59 Å². The van der Waals surface area contributed by atoms with Crippen LogP contribution in [0.1, 0.15) is 19.4 Å². The van der Waals surface area contributed by atoms with Crippen molar-refractivity contribution >= 4 is 29.0 Å². The second-order valence-electron chi connectivity index (χ2n) is 7.19. The van der Waals surface area contributed by atoms with E-state index >= 15 is 0 Å². The first-order valence-electron chi connectivity index (χ1n) is 9.79. The first-order valence-corrected chi connectivity index (χ1v) is 9.79. The van der Waals surface area contributed by atoms with Crippen LogP contribution in [0.4, 0.5) is 0 Å². The van der Waals surface area contributed by atoms with Gasteiger partial charge < -0.3 is 9.73 Å². The van der Waals surface area contributed by atoms with Crippen LogP contribution in [0.3, 0.4) is 0 Å². The number of aromatic nitrogens is 2. The number of hydrogen-bond acceptors (Lipinski definition) is 5. The smallest absolute Gasteiger partial charge is 0.329 e. The summed E-state index contributed by atoms with van der Waals surface area (Å²) in [6, 6.07) is 19.0. The van der Waals surface area contributed by atoms with Crippen molar-refractivity contribution in [2.24, 2.45) is 5.10 Å². The molecule has 156 valence electrons. The number of rotatable bonds is 5. The van der Waals surface area contributed by atoms with Gasteiger partial charge in [0.25, 0.3) is 0 Å². The third-order valence-electron chi connectivity index (χ3n) is 4.42. The van der Waals surface area contributed by atoms with Crippen molar-refractivity contribution in [1.29, 1.82) is 0 Å². The lowest BCUT2D eigenvalue weighted by molar-refractivity contribution is -0.139. The van der Waals surface area contributed by atoms with Crippen molar-refractivity contribution in [3.05, 3.63) is 72.4 Å². The van der Waals surface area contributed by atoms with Gasteiger partial charge in [-0.2, -0.15) is 10.2 Å². The van der Waals surface area contributed by atoms with Crippen molar-refractivity contribution in [2.45, 2.75) is 19.9 Å². The van der Waals surface area contributed by atoms with Gasteiger partial charge in [0.2, 0.25) is 0 Å². The Bertz CT molecular complexity index is 1220. The van der Waals surface area contributed by atoms with Gasteiger partial charge in [-0.15, -0.1) is 0 Å². The lowest BCUT2D eigenvalue weighted by Gasteiger charge is -2.05. The molecule has 8 nitrogen and oxygen atoms in total. The average molecular weight is 415 g/mol. The van der Waals surface area contributed by atoms with E-state index in [-0.39, 0.29) is 6.04 Å². The Morgan fingerprint density at radius 2 is 1.81 bits per heavy atom. The van der Waals surface area contributed by atoms with E-state index in [4.69, 9.17) is 4.42 Å². The zero-order valence-corrected chi connectivity index (χ0v) is 17.1. The topological polar surface area (TPSA) is 102 Å². The number of nitrogens with one attached hydrogen (secondary N) is 2. The van der Waals surface area contributed by atoms with E-state index in [0.717, 1.165) is 16.7 Å². The van der Waals surface area contributed by atoms with Crippen LogP contribution < -0.4 is 10.7 Å². The fourth-order valence-electron chi connectivity index (χ4n) is 3.02. The number of fused-ring (bicyclic) bond motifs is 1. The van der Waals surface area contributed by atoms with Gasteiger partial charge in [-0.3, -0.25) is 9.59 Å². The number of carbonyl (C=O) groups is 2. The molecule has 0 saturated heterocycles. The average Bonchev–Trinajstić information content (AvgIpc) is 3.38. The highest BCUT2D eigenvalue weighted by molar-refractivity contribution is 6.35. The van der Waals surface area contributed by atoms with E-state index in [1.54, 1.807) is 24.7 Å². The van der Waals surface area contributed by atoms with Gasteiger partial charge in [0.15, 0.2) is 5.76 Å². The number of nitrogens with zero attached hydrogens (tertiary/aromatic N) is 3. The Morgan fingerprint density at radius 1 is 1.06 bits per heavy atom. The van der Waals surface area contributed by atoms with Gasteiger partial charge in [0, 0.05) is 23.2 Å². The molecule has 0 spiro atoms. The summed E-state index contributed by atoms with van der Waals surface area (Å²) in [6.07, 6.45) is 3.22. The predicted octanol–water partition coefficient (Wildman–Crippen LogP) is 3.26. The maximum atomic E-state index is 11.9. The molecule has 0 aliphatic heterocycles. The molecular weight excluding hydrogens is 394 g/mol. The maximum absolute atomic E-state index is 11.9. The Kier molecular flexibility index (Phi) is 5.61. The minimum absolute atomic E-state index is 0.147. The monoisotopic (exact) mass is 415 g/mol. The van der Waals surface area contributed by atoms with E-state index in [0.29, 0.717) is 17.0 Å². The van der Waals surface area contributed by atoms with Crippen LogP contribution in [0.25, 0.3) is 28.1 Å². The Hall–Kier alpha value is -4.20. The summed E-state index contributed by atoms with van der Waals surface area (Å²) in [4.78, 5) is 23.6. The Labute approximate surface area is 178 Å². The first kappa shape index (κ1) is 20.1. The van der Waals surface area contributed by atoms with Gasteiger partial charge in [0.1, 0.15) is 11.3 Å². The first-order chi connectivity index (χ1) is 15.0. The molecule has 0 aliphatic rings. The molecule has 8 heteroatoms. The lowest BCUT2D eigenvalue weighted by Crippen LogP contribution is -2.41. The molecule has 0 fully saturated rings. The fourth-order valence-corrected chi connectivity index (χ4v) is 3.02. The largest absolute Gasteiger partial charge is 0.454 e. The van der Waals surface area contributed by atoms with Crippen LogP contribution in [0, 0.1) is 0 Å². The molecule has 0 bridgehead atoms. The Morgan fingerprint density at radius 3 is 2.55 bits per heavy atom. The maximum Gasteiger partial charge on any atom is 0.329 e. The van der Waals surface area contributed by atoms with Crippen LogP contribution in [0.2, 0.25) is 0 Å². The normalized spacial score (nSPS) is 11.3. The van der Waals surface area contributed by atoms with E-state index in [1.165, 1.54) is 6.21 Å². The molecule has 4 aromatic rings. The molecular formula is C23H21N5O3. The molecule has 0 aliphatic carbocycles. The van der Waals surface area contributed by atoms with Crippen LogP contribution in [-0.4, -0.2) is 33.9 Å². The fraction of sp³-hybridized carbons (Fsp3) is 0.130. The molecule has 0 saturated carbocycles. The number of amides is 2. The van der Waals surface area contributed by atoms with Gasteiger partial charge in [-0.1, -0.05) is 36.4 Å². The van der Waals surface area contributed by atoms with E-state index < -0.39 is 11.8 Å². The number of hydrazone groups is 1.